The minimum Gasteiger partial charge on any atom is -0.382 e. The molecular weight excluding hydrogens is 170 g/mol. The Bertz CT molecular complexity index is 86.2. The highest BCUT2D eigenvalue weighted by Crippen LogP contribution is 2.19. The molecule has 0 heterocycles. The Balaban J connectivity index is 3.79. The molecule has 5 heteroatoms. The van der Waals surface area contributed by atoms with Gasteiger partial charge in [-0.25, -0.2) is 0 Å². The summed E-state index contributed by atoms with van der Waals surface area (Å²) in [6, 6.07) is 0. The van der Waals surface area contributed by atoms with Crippen LogP contribution in [0.3, 0.4) is 0 Å². The third-order valence-electron chi connectivity index (χ3n) is 0.305. The number of nitrogens with one attached hydrogen (secondary N) is 1. The van der Waals surface area contributed by atoms with Gasteiger partial charge in [-0.1, -0.05) is 0 Å². The lowest BCUT2D eigenvalue weighted by Gasteiger charge is -2.01. The van der Waals surface area contributed by atoms with Crippen molar-refractivity contribution in [2.24, 2.45) is 5.73 Å². The highest BCUT2D eigenvalue weighted by molar-refractivity contribution is 9.10. The molecule has 0 atom stereocenters. The third kappa shape index (κ3) is 2.50. The number of amidine groups is 1. The average molecular weight is 173 g/mol. The van der Waals surface area contributed by atoms with Gasteiger partial charge in [-0.15, -0.1) is 0 Å². The Morgan fingerprint density at radius 2 is 1.86 bits per heavy atom. The Kier molecular flexibility index (Phi) is 1.68. The average Bonchev–Trinajstić information content (AvgIpc) is 1.31. The molecule has 3 N–H and O–H groups in total. The highest BCUT2D eigenvalue weighted by Gasteiger charge is 2.27. The highest BCUT2D eigenvalue weighted by atomic mass is 79.9. The summed E-state index contributed by atoms with van der Waals surface area (Å²) >= 11 is 1.86. The van der Waals surface area contributed by atoms with Gasteiger partial charge in [-0.2, -0.15) is 8.78 Å². The molecule has 0 aliphatic carbocycles. The van der Waals surface area contributed by atoms with Crippen molar-refractivity contribution in [2.75, 3.05) is 0 Å². The fourth-order valence-corrected chi connectivity index (χ4v) is 0. The molecule has 0 aromatic rings. The molecule has 2 nitrogen and oxygen atoms in total. The zero-order chi connectivity index (χ0) is 6.08. The van der Waals surface area contributed by atoms with Crippen molar-refractivity contribution < 1.29 is 8.78 Å². The van der Waals surface area contributed by atoms with Gasteiger partial charge in [0.2, 0.25) is 0 Å². The molecule has 0 amide bonds. The first kappa shape index (κ1) is 6.81. The lowest BCUT2D eigenvalue weighted by molar-refractivity contribution is 0.191. The molecule has 0 aromatic heterocycles. The van der Waals surface area contributed by atoms with Gasteiger partial charge < -0.3 is 5.73 Å². The lowest BCUT2D eigenvalue weighted by atomic mass is 10.7. The molecule has 0 radical (unpaired) electrons. The molecule has 0 rings (SSSR count). The summed E-state index contributed by atoms with van der Waals surface area (Å²) in [6.07, 6.45) is 0. The first-order valence-electron chi connectivity index (χ1n) is 1.36. The Morgan fingerprint density at radius 1 is 1.71 bits per heavy atom. The summed E-state index contributed by atoms with van der Waals surface area (Å²) in [7, 11) is 0. The first-order chi connectivity index (χ1) is 2.94. The van der Waals surface area contributed by atoms with Gasteiger partial charge in [0.15, 0.2) is 5.84 Å². The summed E-state index contributed by atoms with van der Waals surface area (Å²) < 4.78 is 22.8. The molecule has 0 fully saturated rings. The first-order valence-corrected chi connectivity index (χ1v) is 2.15. The van der Waals surface area contributed by atoms with Crippen molar-refractivity contribution in [1.29, 1.82) is 5.41 Å². The van der Waals surface area contributed by atoms with Gasteiger partial charge in [0, 0.05) is 0 Å². The maximum atomic E-state index is 11.4. The molecule has 0 saturated heterocycles. The minimum atomic E-state index is -3.33. The summed E-state index contributed by atoms with van der Waals surface area (Å²) in [5, 5.41) is 6.13. The molecule has 0 unspecified atom stereocenters. The summed E-state index contributed by atoms with van der Waals surface area (Å²) in [5.74, 6) is -1.17. The van der Waals surface area contributed by atoms with Gasteiger partial charge >= 0.3 is 4.83 Å². The van der Waals surface area contributed by atoms with Gasteiger partial charge in [-0.05, 0) is 15.9 Å². The predicted molar refractivity (Wildman–Crippen MR) is 25.8 cm³/mol. The quantitative estimate of drug-likeness (QED) is 0.345. The van der Waals surface area contributed by atoms with Crippen molar-refractivity contribution in [3.05, 3.63) is 0 Å². The van der Waals surface area contributed by atoms with Crippen LogP contribution in [0.25, 0.3) is 0 Å². The van der Waals surface area contributed by atoms with E-state index in [0.717, 1.165) is 0 Å². The third-order valence-corrected chi connectivity index (χ3v) is 0.733. The largest absolute Gasteiger partial charge is 0.382 e. The van der Waals surface area contributed by atoms with Crippen LogP contribution in [0.1, 0.15) is 0 Å². The number of halogens is 3. The Labute approximate surface area is 47.3 Å². The van der Waals surface area contributed by atoms with E-state index in [1.54, 1.807) is 0 Å². The number of hydrogen-bond donors (Lipinski definition) is 2. The second-order valence-electron chi connectivity index (χ2n) is 0.911. The number of hydrogen-bond acceptors (Lipinski definition) is 1. The standard InChI is InChI=1S/C2H3BrF2N2/c3-2(4,5)1(6)7/h(H3,6,7). The fraction of sp³-hybridized carbons (Fsp3) is 0.500. The van der Waals surface area contributed by atoms with Crippen LogP contribution in [0.5, 0.6) is 0 Å². The maximum Gasteiger partial charge on any atom is 0.356 e. The van der Waals surface area contributed by atoms with Crippen LogP contribution in [0.4, 0.5) is 8.78 Å². The lowest BCUT2D eigenvalue weighted by Crippen LogP contribution is -2.28. The molecular formula is C2H3BrF2N2. The van der Waals surface area contributed by atoms with Crippen molar-refractivity contribution in [3.63, 3.8) is 0 Å². The van der Waals surface area contributed by atoms with E-state index in [1.807, 2.05) is 15.9 Å². The topological polar surface area (TPSA) is 49.9 Å². The molecule has 7 heavy (non-hydrogen) atoms. The molecule has 0 aromatic carbocycles. The van der Waals surface area contributed by atoms with Crippen LogP contribution < -0.4 is 5.73 Å². The SMILES string of the molecule is N=C(N)C(F)(F)Br. The molecule has 0 spiro atoms. The van der Waals surface area contributed by atoms with Crippen molar-refractivity contribution >= 4 is 21.8 Å². The van der Waals surface area contributed by atoms with Gasteiger partial charge in [-0.3, -0.25) is 5.41 Å². The van der Waals surface area contributed by atoms with Crippen molar-refractivity contribution in [2.45, 2.75) is 4.83 Å². The van der Waals surface area contributed by atoms with E-state index in [9.17, 15) is 8.78 Å². The van der Waals surface area contributed by atoms with Crippen molar-refractivity contribution in [3.8, 4) is 0 Å². The van der Waals surface area contributed by atoms with E-state index in [2.05, 4.69) is 5.73 Å². The molecule has 0 saturated carbocycles. The normalized spacial score (nSPS) is 11.3. The van der Waals surface area contributed by atoms with E-state index >= 15 is 0 Å². The van der Waals surface area contributed by atoms with E-state index in [1.165, 1.54) is 0 Å². The maximum absolute atomic E-state index is 11.4. The zero-order valence-corrected chi connectivity index (χ0v) is 4.80. The number of nitrogens with two attached hydrogens (primary N) is 1. The summed E-state index contributed by atoms with van der Waals surface area (Å²) in [4.78, 5) is -3.33. The second-order valence-corrected chi connectivity index (χ2v) is 1.91. The van der Waals surface area contributed by atoms with E-state index in [0.29, 0.717) is 0 Å². The minimum absolute atomic E-state index is 1.17. The van der Waals surface area contributed by atoms with Crippen LogP contribution in [0.2, 0.25) is 0 Å². The van der Waals surface area contributed by atoms with Gasteiger partial charge in [0.1, 0.15) is 0 Å². The summed E-state index contributed by atoms with van der Waals surface area (Å²) in [5.41, 5.74) is 4.36. The fourth-order valence-electron chi connectivity index (χ4n) is 0. The zero-order valence-electron chi connectivity index (χ0n) is 3.21. The monoisotopic (exact) mass is 172 g/mol. The number of rotatable bonds is 1. The predicted octanol–water partition coefficient (Wildman–Crippen LogP) is 0.910. The second kappa shape index (κ2) is 1.73. The summed E-state index contributed by atoms with van der Waals surface area (Å²) in [6.45, 7) is 0. The van der Waals surface area contributed by atoms with Crippen LogP contribution in [-0.2, 0) is 0 Å². The van der Waals surface area contributed by atoms with Crippen molar-refractivity contribution in [1.82, 2.24) is 0 Å². The smallest absolute Gasteiger partial charge is 0.356 e. The van der Waals surface area contributed by atoms with E-state index in [4.69, 9.17) is 5.41 Å². The molecule has 0 bridgehead atoms. The molecule has 0 aliphatic heterocycles. The van der Waals surface area contributed by atoms with Crippen LogP contribution in [0, 0.1) is 5.41 Å². The van der Waals surface area contributed by atoms with Crippen LogP contribution in [-0.4, -0.2) is 10.7 Å². The van der Waals surface area contributed by atoms with Gasteiger partial charge in [0.25, 0.3) is 0 Å². The Morgan fingerprint density at radius 3 is 1.86 bits per heavy atom. The van der Waals surface area contributed by atoms with E-state index < -0.39 is 10.7 Å². The molecule has 42 valence electrons. The number of alkyl halides is 3. The Hall–Kier alpha value is -0.190. The van der Waals surface area contributed by atoms with Gasteiger partial charge in [0.05, 0.1) is 0 Å². The van der Waals surface area contributed by atoms with Crippen LogP contribution >= 0.6 is 15.9 Å². The van der Waals surface area contributed by atoms with E-state index in [-0.39, 0.29) is 0 Å². The molecule has 0 aliphatic rings. The van der Waals surface area contributed by atoms with Crippen LogP contribution in [0.15, 0.2) is 0 Å².